The number of aryl methyl sites for hydroxylation is 1. The van der Waals surface area contributed by atoms with Crippen molar-refractivity contribution in [1.29, 1.82) is 0 Å². The molecule has 2 aromatic carbocycles. The first-order valence-corrected chi connectivity index (χ1v) is 10.5. The van der Waals surface area contributed by atoms with Crippen molar-refractivity contribution in [3.8, 4) is 0 Å². The van der Waals surface area contributed by atoms with E-state index in [9.17, 15) is 4.79 Å². The van der Waals surface area contributed by atoms with Gasteiger partial charge in [0.05, 0.1) is 10.0 Å². The van der Waals surface area contributed by atoms with E-state index in [2.05, 4.69) is 15.5 Å². The Labute approximate surface area is 177 Å². The summed E-state index contributed by atoms with van der Waals surface area (Å²) in [5.41, 5.74) is 3.01. The van der Waals surface area contributed by atoms with Gasteiger partial charge in [0.1, 0.15) is 0 Å². The van der Waals surface area contributed by atoms with Gasteiger partial charge in [0.25, 0.3) is 5.91 Å². The zero-order chi connectivity index (χ0) is 19.9. The van der Waals surface area contributed by atoms with Gasteiger partial charge in [0.15, 0.2) is 0 Å². The zero-order valence-corrected chi connectivity index (χ0v) is 17.7. The van der Waals surface area contributed by atoms with E-state index < -0.39 is 0 Å². The van der Waals surface area contributed by atoms with Gasteiger partial charge in [0.2, 0.25) is 0 Å². The van der Waals surface area contributed by atoms with E-state index in [-0.39, 0.29) is 5.91 Å². The van der Waals surface area contributed by atoms with Crippen molar-refractivity contribution in [1.82, 2.24) is 15.5 Å². The van der Waals surface area contributed by atoms with E-state index in [0.717, 1.165) is 50.1 Å². The number of benzene rings is 2. The Balaban J connectivity index is 1.33. The topological polar surface area (TPSA) is 44.4 Å². The van der Waals surface area contributed by atoms with Gasteiger partial charge >= 0.3 is 0 Å². The van der Waals surface area contributed by atoms with Gasteiger partial charge in [-0.25, -0.2) is 0 Å². The molecule has 0 bridgehead atoms. The third kappa shape index (κ3) is 6.21. The molecule has 0 saturated carbocycles. The van der Waals surface area contributed by atoms with Crippen LogP contribution in [0.4, 0.5) is 0 Å². The molecule has 1 fully saturated rings. The van der Waals surface area contributed by atoms with Crippen LogP contribution in [-0.2, 0) is 6.54 Å². The summed E-state index contributed by atoms with van der Waals surface area (Å²) in [7, 11) is 0. The second kappa shape index (κ2) is 10.3. The van der Waals surface area contributed by atoms with Gasteiger partial charge in [-0.05, 0) is 62.7 Å². The third-order valence-electron chi connectivity index (χ3n) is 5.10. The van der Waals surface area contributed by atoms with Gasteiger partial charge in [-0.3, -0.25) is 9.69 Å². The number of halogens is 2. The number of carbonyl (C=O) groups is 1. The maximum atomic E-state index is 12.1. The molecule has 0 spiro atoms. The number of hydrogen-bond acceptors (Lipinski definition) is 3. The molecular weight excluding hydrogens is 393 g/mol. The van der Waals surface area contributed by atoms with Crippen LogP contribution in [0.3, 0.4) is 0 Å². The smallest absolute Gasteiger partial charge is 0.251 e. The molecule has 1 saturated heterocycles. The molecule has 0 unspecified atom stereocenters. The summed E-state index contributed by atoms with van der Waals surface area (Å²) >= 11 is 12.1. The fourth-order valence-electron chi connectivity index (χ4n) is 3.53. The van der Waals surface area contributed by atoms with E-state index >= 15 is 0 Å². The highest BCUT2D eigenvalue weighted by Gasteiger charge is 2.19. The molecule has 4 nitrogen and oxygen atoms in total. The Morgan fingerprint density at radius 3 is 2.57 bits per heavy atom. The van der Waals surface area contributed by atoms with Crippen molar-refractivity contribution in [2.45, 2.75) is 32.4 Å². The monoisotopic (exact) mass is 419 g/mol. The van der Waals surface area contributed by atoms with Crippen LogP contribution in [0, 0.1) is 6.92 Å². The molecule has 1 heterocycles. The highest BCUT2D eigenvalue weighted by atomic mass is 35.5. The van der Waals surface area contributed by atoms with Gasteiger partial charge < -0.3 is 10.6 Å². The van der Waals surface area contributed by atoms with Gasteiger partial charge in [0, 0.05) is 31.2 Å². The zero-order valence-electron chi connectivity index (χ0n) is 16.2. The van der Waals surface area contributed by atoms with E-state index in [4.69, 9.17) is 23.2 Å². The van der Waals surface area contributed by atoms with Crippen LogP contribution in [0.2, 0.25) is 10.0 Å². The van der Waals surface area contributed by atoms with Crippen molar-refractivity contribution >= 4 is 29.1 Å². The number of nitrogens with one attached hydrogen (secondary N) is 2. The lowest BCUT2D eigenvalue weighted by Gasteiger charge is -2.32. The molecule has 28 heavy (non-hydrogen) atoms. The maximum absolute atomic E-state index is 12.1. The average Bonchev–Trinajstić information content (AvgIpc) is 2.69. The quantitative estimate of drug-likeness (QED) is 0.657. The molecule has 0 radical (unpaired) electrons. The molecule has 3 rings (SSSR count). The summed E-state index contributed by atoms with van der Waals surface area (Å²) < 4.78 is 0. The van der Waals surface area contributed by atoms with Crippen LogP contribution in [0.1, 0.15) is 34.3 Å². The number of amides is 1. The molecule has 1 aliphatic rings. The largest absolute Gasteiger partial charge is 0.351 e. The lowest BCUT2D eigenvalue weighted by atomic mass is 10.0. The minimum Gasteiger partial charge on any atom is -0.351 e. The summed E-state index contributed by atoms with van der Waals surface area (Å²) in [4.78, 5) is 14.6. The molecule has 0 atom stereocenters. The highest BCUT2D eigenvalue weighted by Crippen LogP contribution is 2.24. The van der Waals surface area contributed by atoms with Crippen LogP contribution in [0.15, 0.2) is 42.5 Å². The Kier molecular flexibility index (Phi) is 7.74. The van der Waals surface area contributed by atoms with Crippen LogP contribution in [-0.4, -0.2) is 43.0 Å². The Morgan fingerprint density at radius 1 is 1.07 bits per heavy atom. The maximum Gasteiger partial charge on any atom is 0.251 e. The normalized spacial score (nSPS) is 15.5. The molecule has 6 heteroatoms. The number of likely N-dealkylation sites (tertiary alicyclic amines) is 1. The average molecular weight is 420 g/mol. The molecule has 2 N–H and O–H groups in total. The van der Waals surface area contributed by atoms with Gasteiger partial charge in [-0.15, -0.1) is 0 Å². The van der Waals surface area contributed by atoms with E-state index in [0.29, 0.717) is 22.6 Å². The third-order valence-corrected chi connectivity index (χ3v) is 5.84. The standard InChI is InChI=1S/C22H27Cl2N3O/c1-16-3-2-4-18(13-16)22(28)26-10-9-25-19-7-11-27(12-8-19)15-17-5-6-20(23)21(24)14-17/h2-6,13-14,19,25H,7-12,15H2,1H3,(H,26,28). The minimum atomic E-state index is -0.0121. The molecule has 0 aliphatic carbocycles. The SMILES string of the molecule is Cc1cccc(C(=O)NCCNC2CCN(Cc3ccc(Cl)c(Cl)c3)CC2)c1. The van der Waals surface area contributed by atoms with Crippen LogP contribution in [0.5, 0.6) is 0 Å². The molecule has 2 aromatic rings. The van der Waals surface area contributed by atoms with Crippen LogP contribution < -0.4 is 10.6 Å². The summed E-state index contributed by atoms with van der Waals surface area (Å²) in [5, 5.41) is 7.76. The van der Waals surface area contributed by atoms with E-state index in [1.54, 1.807) is 0 Å². The van der Waals surface area contributed by atoms with Crippen molar-refractivity contribution in [2.75, 3.05) is 26.2 Å². The lowest BCUT2D eigenvalue weighted by Crippen LogP contribution is -2.44. The van der Waals surface area contributed by atoms with Gasteiger partial charge in [-0.1, -0.05) is 47.0 Å². The number of hydrogen-bond donors (Lipinski definition) is 2. The molecule has 1 amide bonds. The van der Waals surface area contributed by atoms with Crippen molar-refractivity contribution in [2.24, 2.45) is 0 Å². The van der Waals surface area contributed by atoms with Crippen LogP contribution in [0.25, 0.3) is 0 Å². The van der Waals surface area contributed by atoms with Crippen molar-refractivity contribution in [3.05, 3.63) is 69.2 Å². The Hall–Kier alpha value is -1.59. The number of piperidine rings is 1. The van der Waals surface area contributed by atoms with Crippen molar-refractivity contribution in [3.63, 3.8) is 0 Å². The second-order valence-electron chi connectivity index (χ2n) is 7.38. The first kappa shape index (κ1) is 21.1. The lowest BCUT2D eigenvalue weighted by molar-refractivity contribution is 0.0953. The second-order valence-corrected chi connectivity index (χ2v) is 8.19. The Bertz CT molecular complexity index is 804. The summed E-state index contributed by atoms with van der Waals surface area (Å²) in [6, 6.07) is 14.0. The van der Waals surface area contributed by atoms with E-state index in [1.807, 2.05) is 49.4 Å². The van der Waals surface area contributed by atoms with E-state index in [1.165, 1.54) is 5.56 Å². The fourth-order valence-corrected chi connectivity index (χ4v) is 3.85. The number of carbonyl (C=O) groups excluding carboxylic acids is 1. The first-order chi connectivity index (χ1) is 13.5. The first-order valence-electron chi connectivity index (χ1n) is 9.76. The predicted octanol–water partition coefficient (Wildman–Crippen LogP) is 4.29. The minimum absolute atomic E-state index is 0.0121. The molecule has 1 aliphatic heterocycles. The number of nitrogens with zero attached hydrogens (tertiary/aromatic N) is 1. The predicted molar refractivity (Wildman–Crippen MR) is 116 cm³/mol. The van der Waals surface area contributed by atoms with Gasteiger partial charge in [-0.2, -0.15) is 0 Å². The van der Waals surface area contributed by atoms with Crippen LogP contribution >= 0.6 is 23.2 Å². The summed E-state index contributed by atoms with van der Waals surface area (Å²) in [6.07, 6.45) is 2.21. The Morgan fingerprint density at radius 2 is 1.86 bits per heavy atom. The summed E-state index contributed by atoms with van der Waals surface area (Å²) in [5.74, 6) is -0.0121. The fraction of sp³-hybridized carbons (Fsp3) is 0.409. The highest BCUT2D eigenvalue weighted by molar-refractivity contribution is 6.42. The summed E-state index contributed by atoms with van der Waals surface area (Å²) in [6.45, 7) is 6.41. The molecular formula is C22H27Cl2N3O. The molecule has 150 valence electrons. The number of rotatable bonds is 7. The molecule has 0 aromatic heterocycles. The van der Waals surface area contributed by atoms with Crippen molar-refractivity contribution < 1.29 is 4.79 Å².